The normalized spacial score (nSPS) is 31.9. The number of nitrogens with zero attached hydrogens (tertiary/aromatic N) is 1. The highest BCUT2D eigenvalue weighted by molar-refractivity contribution is 5.42. The first kappa shape index (κ1) is 9.94. The van der Waals surface area contributed by atoms with Gasteiger partial charge in [-0.2, -0.15) is 0 Å². The van der Waals surface area contributed by atoms with E-state index in [0.717, 1.165) is 17.5 Å². The lowest BCUT2D eigenvalue weighted by Crippen LogP contribution is -2.26. The highest BCUT2D eigenvalue weighted by Crippen LogP contribution is 2.45. The molecule has 0 aliphatic heterocycles. The van der Waals surface area contributed by atoms with Crippen LogP contribution in [0.1, 0.15) is 25.7 Å². The second-order valence-electron chi connectivity index (χ2n) is 5.29. The summed E-state index contributed by atoms with van der Waals surface area (Å²) in [5.74, 6) is 1.82. The molecule has 2 aliphatic rings. The van der Waals surface area contributed by atoms with E-state index in [1.54, 1.807) is 17.7 Å². The number of pyridine rings is 1. The first-order valence-corrected chi connectivity index (χ1v) is 6.15. The lowest BCUT2D eigenvalue weighted by molar-refractivity contribution is 0.439. The second kappa shape index (κ2) is 3.65. The average molecular weight is 218 g/mol. The van der Waals surface area contributed by atoms with Gasteiger partial charge in [0.1, 0.15) is 0 Å². The molecule has 3 atom stereocenters. The Hall–Kier alpha value is -1.25. The van der Waals surface area contributed by atoms with Crippen molar-refractivity contribution in [2.24, 2.45) is 18.9 Å². The molecule has 1 aromatic heterocycles. The van der Waals surface area contributed by atoms with E-state index in [9.17, 15) is 4.79 Å². The summed E-state index contributed by atoms with van der Waals surface area (Å²) in [4.78, 5) is 11.3. The van der Waals surface area contributed by atoms with E-state index in [0.29, 0.717) is 6.04 Å². The SMILES string of the molecule is Cn1cc(NC2CC3CCC2C3)ccc1=O. The van der Waals surface area contributed by atoms with Crippen LogP contribution in [0.5, 0.6) is 0 Å². The van der Waals surface area contributed by atoms with Crippen molar-refractivity contribution in [2.45, 2.75) is 31.7 Å². The Balaban J connectivity index is 1.74. The van der Waals surface area contributed by atoms with Gasteiger partial charge in [-0.05, 0) is 37.2 Å². The molecule has 2 bridgehead atoms. The number of aromatic nitrogens is 1. The molecule has 2 aliphatic carbocycles. The summed E-state index contributed by atoms with van der Waals surface area (Å²) in [6, 6.07) is 4.17. The Labute approximate surface area is 95.5 Å². The van der Waals surface area contributed by atoms with Gasteiger partial charge in [-0.1, -0.05) is 6.42 Å². The minimum atomic E-state index is 0.0542. The van der Waals surface area contributed by atoms with Crippen LogP contribution >= 0.6 is 0 Å². The minimum Gasteiger partial charge on any atom is -0.381 e. The summed E-state index contributed by atoms with van der Waals surface area (Å²) in [7, 11) is 1.80. The predicted octanol–water partition coefficient (Wildman–Crippen LogP) is 1.99. The molecule has 0 saturated heterocycles. The summed E-state index contributed by atoms with van der Waals surface area (Å²) >= 11 is 0. The summed E-state index contributed by atoms with van der Waals surface area (Å²) in [6.45, 7) is 0. The fourth-order valence-electron chi connectivity index (χ4n) is 3.31. The highest BCUT2D eigenvalue weighted by Gasteiger charge is 2.39. The summed E-state index contributed by atoms with van der Waals surface area (Å²) in [5, 5.41) is 3.58. The molecule has 0 radical (unpaired) electrons. The Morgan fingerprint density at radius 3 is 2.81 bits per heavy atom. The molecule has 1 heterocycles. The highest BCUT2D eigenvalue weighted by atomic mass is 16.1. The largest absolute Gasteiger partial charge is 0.381 e. The smallest absolute Gasteiger partial charge is 0.250 e. The fraction of sp³-hybridized carbons (Fsp3) is 0.615. The van der Waals surface area contributed by atoms with Crippen molar-refractivity contribution in [3.63, 3.8) is 0 Å². The third kappa shape index (κ3) is 1.64. The Kier molecular flexibility index (Phi) is 2.27. The van der Waals surface area contributed by atoms with E-state index >= 15 is 0 Å². The average Bonchev–Trinajstić information content (AvgIpc) is 2.85. The number of rotatable bonds is 2. The van der Waals surface area contributed by atoms with Crippen LogP contribution in [0, 0.1) is 11.8 Å². The topological polar surface area (TPSA) is 34.0 Å². The molecule has 3 unspecified atom stereocenters. The van der Waals surface area contributed by atoms with Gasteiger partial charge >= 0.3 is 0 Å². The van der Waals surface area contributed by atoms with Gasteiger partial charge in [0.05, 0.1) is 5.69 Å². The molecule has 0 spiro atoms. The van der Waals surface area contributed by atoms with Gasteiger partial charge in [0.25, 0.3) is 0 Å². The third-order valence-corrected chi connectivity index (χ3v) is 4.18. The molecule has 2 saturated carbocycles. The predicted molar refractivity (Wildman–Crippen MR) is 64.5 cm³/mol. The molecule has 1 aromatic rings. The molecule has 0 aromatic carbocycles. The Bertz CT molecular complexity index is 451. The number of anilines is 1. The number of aryl methyl sites for hydroxylation is 1. The second-order valence-corrected chi connectivity index (χ2v) is 5.29. The van der Waals surface area contributed by atoms with E-state index in [1.807, 2.05) is 12.3 Å². The summed E-state index contributed by atoms with van der Waals surface area (Å²) in [6.07, 6.45) is 7.43. The van der Waals surface area contributed by atoms with Crippen LogP contribution in [0.25, 0.3) is 0 Å². The van der Waals surface area contributed by atoms with Crippen LogP contribution in [0.15, 0.2) is 23.1 Å². The van der Waals surface area contributed by atoms with Crippen molar-refractivity contribution < 1.29 is 0 Å². The van der Waals surface area contributed by atoms with Crippen LogP contribution in [-0.2, 0) is 7.05 Å². The first-order chi connectivity index (χ1) is 7.72. The van der Waals surface area contributed by atoms with Crippen molar-refractivity contribution in [1.82, 2.24) is 4.57 Å². The maximum Gasteiger partial charge on any atom is 0.250 e. The van der Waals surface area contributed by atoms with Crippen molar-refractivity contribution in [2.75, 3.05) is 5.32 Å². The molecule has 0 amide bonds. The van der Waals surface area contributed by atoms with Crippen LogP contribution in [-0.4, -0.2) is 10.6 Å². The van der Waals surface area contributed by atoms with Crippen molar-refractivity contribution in [3.05, 3.63) is 28.7 Å². The van der Waals surface area contributed by atoms with Gasteiger partial charge in [0.15, 0.2) is 0 Å². The zero-order valence-corrected chi connectivity index (χ0v) is 9.65. The standard InChI is InChI=1S/C13H18N2O/c1-15-8-11(4-5-13(15)16)14-12-7-9-2-3-10(12)6-9/h4-5,8-10,12,14H,2-3,6-7H2,1H3. The minimum absolute atomic E-state index is 0.0542. The van der Waals surface area contributed by atoms with Gasteiger partial charge in [-0.25, -0.2) is 0 Å². The molecule has 3 nitrogen and oxygen atoms in total. The number of hydrogen-bond acceptors (Lipinski definition) is 2. The van der Waals surface area contributed by atoms with E-state index in [1.165, 1.54) is 25.7 Å². The van der Waals surface area contributed by atoms with Crippen LogP contribution in [0.3, 0.4) is 0 Å². The number of hydrogen-bond donors (Lipinski definition) is 1. The molecule has 16 heavy (non-hydrogen) atoms. The maximum absolute atomic E-state index is 11.3. The van der Waals surface area contributed by atoms with Gasteiger partial charge in [-0.3, -0.25) is 4.79 Å². The fourth-order valence-corrected chi connectivity index (χ4v) is 3.31. The number of nitrogens with one attached hydrogen (secondary N) is 1. The summed E-state index contributed by atoms with van der Waals surface area (Å²) < 4.78 is 1.63. The Morgan fingerprint density at radius 1 is 1.31 bits per heavy atom. The van der Waals surface area contributed by atoms with E-state index in [2.05, 4.69) is 5.32 Å². The van der Waals surface area contributed by atoms with Gasteiger partial charge in [-0.15, -0.1) is 0 Å². The molecule has 1 N–H and O–H groups in total. The Morgan fingerprint density at radius 2 is 2.19 bits per heavy atom. The van der Waals surface area contributed by atoms with Gasteiger partial charge in [0, 0.05) is 25.4 Å². The van der Waals surface area contributed by atoms with Crippen molar-refractivity contribution in [3.8, 4) is 0 Å². The molecule has 3 rings (SSSR count). The third-order valence-electron chi connectivity index (χ3n) is 4.18. The van der Waals surface area contributed by atoms with Gasteiger partial charge in [0.2, 0.25) is 5.56 Å². The lowest BCUT2D eigenvalue weighted by Gasteiger charge is -2.24. The molecular weight excluding hydrogens is 200 g/mol. The molecular formula is C13H18N2O. The van der Waals surface area contributed by atoms with E-state index in [4.69, 9.17) is 0 Å². The number of fused-ring (bicyclic) bond motifs is 2. The van der Waals surface area contributed by atoms with Crippen LogP contribution in [0.4, 0.5) is 5.69 Å². The lowest BCUT2D eigenvalue weighted by atomic mass is 9.95. The first-order valence-electron chi connectivity index (χ1n) is 6.15. The van der Waals surface area contributed by atoms with Crippen LogP contribution < -0.4 is 10.9 Å². The van der Waals surface area contributed by atoms with E-state index in [-0.39, 0.29) is 5.56 Å². The van der Waals surface area contributed by atoms with E-state index < -0.39 is 0 Å². The molecule has 2 fully saturated rings. The zero-order valence-electron chi connectivity index (χ0n) is 9.65. The summed E-state index contributed by atoms with van der Waals surface area (Å²) in [5.41, 5.74) is 1.14. The van der Waals surface area contributed by atoms with Crippen LogP contribution in [0.2, 0.25) is 0 Å². The monoisotopic (exact) mass is 218 g/mol. The van der Waals surface area contributed by atoms with Gasteiger partial charge < -0.3 is 9.88 Å². The quantitative estimate of drug-likeness (QED) is 0.823. The maximum atomic E-state index is 11.3. The van der Waals surface area contributed by atoms with Crippen molar-refractivity contribution >= 4 is 5.69 Å². The zero-order chi connectivity index (χ0) is 11.1. The molecule has 86 valence electrons. The molecule has 3 heteroatoms. The van der Waals surface area contributed by atoms with Crippen molar-refractivity contribution in [1.29, 1.82) is 0 Å².